The van der Waals surface area contributed by atoms with Crippen molar-refractivity contribution in [1.82, 2.24) is 0 Å². The van der Waals surface area contributed by atoms with E-state index in [1.165, 1.54) is 14.2 Å². The van der Waals surface area contributed by atoms with E-state index in [9.17, 15) is 14.7 Å². The van der Waals surface area contributed by atoms with E-state index in [-0.39, 0.29) is 33.0 Å². The maximum absolute atomic E-state index is 11.8. The molecule has 9 nitrogen and oxygen atoms in total. The van der Waals surface area contributed by atoms with Crippen LogP contribution in [0.15, 0.2) is 0 Å². The Labute approximate surface area is 141 Å². The van der Waals surface area contributed by atoms with Crippen LogP contribution in [0.4, 0.5) is 0 Å². The van der Waals surface area contributed by atoms with Crippen LogP contribution in [0.25, 0.3) is 0 Å². The summed E-state index contributed by atoms with van der Waals surface area (Å²) in [5.74, 6) is -2.33. The van der Waals surface area contributed by atoms with Crippen molar-refractivity contribution in [3.8, 4) is 0 Å². The Kier molecular flexibility index (Phi) is 12.4. The maximum atomic E-state index is 11.8. The van der Waals surface area contributed by atoms with Gasteiger partial charge in [-0.2, -0.15) is 0 Å². The van der Waals surface area contributed by atoms with Crippen molar-refractivity contribution in [2.24, 2.45) is 5.41 Å². The summed E-state index contributed by atoms with van der Waals surface area (Å²) in [6, 6.07) is 0. The quantitative estimate of drug-likeness (QED) is 0.304. The maximum Gasteiger partial charge on any atom is 0.314 e. The smallest absolute Gasteiger partial charge is 0.314 e. The Morgan fingerprint density at radius 1 is 1.00 bits per heavy atom. The number of hydrogen-bond acceptors (Lipinski definition) is 7. The zero-order chi connectivity index (χ0) is 18.4. The van der Waals surface area contributed by atoms with Crippen LogP contribution in [0.2, 0.25) is 0 Å². The van der Waals surface area contributed by atoms with Gasteiger partial charge >= 0.3 is 11.9 Å². The van der Waals surface area contributed by atoms with Crippen LogP contribution in [0, 0.1) is 5.41 Å². The van der Waals surface area contributed by atoms with Gasteiger partial charge in [0.2, 0.25) is 0 Å². The minimum absolute atomic E-state index is 0.144. The Balaban J connectivity index is 4.96. The molecule has 0 aliphatic carbocycles. The molecule has 0 saturated heterocycles. The molecular weight excluding hydrogens is 324 g/mol. The van der Waals surface area contributed by atoms with Crippen LogP contribution >= 0.6 is 0 Å². The first-order valence-electron chi connectivity index (χ1n) is 7.64. The largest absolute Gasteiger partial charge is 0.481 e. The lowest BCUT2D eigenvalue weighted by molar-refractivity contribution is -0.186. The number of carboxylic acids is 2. The number of rotatable bonds is 16. The zero-order valence-electron chi connectivity index (χ0n) is 14.5. The third kappa shape index (κ3) is 8.02. The first-order valence-corrected chi connectivity index (χ1v) is 7.64. The molecule has 9 heteroatoms. The SMILES string of the molecule is CCC(COCCOC)(C(=O)O)[C@@H](CC(=O)O)OCOCCOC. The first-order chi connectivity index (χ1) is 11.4. The Bertz CT molecular complexity index is 361. The van der Waals surface area contributed by atoms with E-state index in [0.29, 0.717) is 13.2 Å². The van der Waals surface area contributed by atoms with E-state index < -0.39 is 29.9 Å². The van der Waals surface area contributed by atoms with Gasteiger partial charge in [0.1, 0.15) is 12.2 Å². The van der Waals surface area contributed by atoms with Crippen molar-refractivity contribution in [3.63, 3.8) is 0 Å². The molecule has 0 aromatic carbocycles. The van der Waals surface area contributed by atoms with E-state index in [0.717, 1.165) is 0 Å². The van der Waals surface area contributed by atoms with E-state index >= 15 is 0 Å². The zero-order valence-corrected chi connectivity index (χ0v) is 14.5. The molecule has 0 rings (SSSR count). The number of hydrogen-bond donors (Lipinski definition) is 2. The molecular formula is C15H28O9. The van der Waals surface area contributed by atoms with Crippen molar-refractivity contribution in [2.45, 2.75) is 25.9 Å². The Morgan fingerprint density at radius 2 is 1.58 bits per heavy atom. The van der Waals surface area contributed by atoms with Crippen LogP contribution in [-0.2, 0) is 33.3 Å². The minimum atomic E-state index is -1.49. The molecule has 0 aliphatic rings. The highest BCUT2D eigenvalue weighted by molar-refractivity contribution is 5.77. The van der Waals surface area contributed by atoms with Crippen LogP contribution in [0.3, 0.4) is 0 Å². The van der Waals surface area contributed by atoms with Gasteiger partial charge in [0.15, 0.2) is 0 Å². The first kappa shape index (κ1) is 22.7. The minimum Gasteiger partial charge on any atom is -0.481 e. The second kappa shape index (κ2) is 13.1. The fraction of sp³-hybridized carbons (Fsp3) is 0.867. The molecule has 0 radical (unpaired) electrons. The van der Waals surface area contributed by atoms with Crippen LogP contribution in [-0.4, -0.2) is 82.3 Å². The standard InChI is InChI=1S/C15H28O9/c1-4-15(14(18)19,10-22-7-5-20-2)12(9-13(16)17)24-11-23-8-6-21-3/h12H,4-11H2,1-3H3,(H,16,17)(H,18,19)/t12-,15?/m1/s1. The van der Waals surface area contributed by atoms with Gasteiger partial charge in [-0.15, -0.1) is 0 Å². The number of carbonyl (C=O) groups is 2. The fourth-order valence-electron chi connectivity index (χ4n) is 2.07. The summed E-state index contributed by atoms with van der Waals surface area (Å²) < 4.78 is 25.6. The van der Waals surface area contributed by atoms with Crippen LogP contribution in [0.1, 0.15) is 19.8 Å². The molecule has 24 heavy (non-hydrogen) atoms. The predicted molar refractivity (Wildman–Crippen MR) is 82.9 cm³/mol. The molecule has 142 valence electrons. The molecule has 2 atom stereocenters. The van der Waals surface area contributed by atoms with Gasteiger partial charge < -0.3 is 33.9 Å². The number of methoxy groups -OCH3 is 2. The van der Waals surface area contributed by atoms with Crippen molar-refractivity contribution < 1.29 is 43.5 Å². The predicted octanol–water partition coefficient (Wildman–Crippen LogP) is 0.611. The summed E-state index contributed by atoms with van der Waals surface area (Å²) in [5, 5.41) is 18.7. The van der Waals surface area contributed by atoms with Crippen molar-refractivity contribution in [1.29, 1.82) is 0 Å². The van der Waals surface area contributed by atoms with Gasteiger partial charge in [0.25, 0.3) is 0 Å². The summed E-state index contributed by atoms with van der Waals surface area (Å²) in [7, 11) is 3.02. The lowest BCUT2D eigenvalue weighted by Gasteiger charge is -2.35. The summed E-state index contributed by atoms with van der Waals surface area (Å²) >= 11 is 0. The highest BCUT2D eigenvalue weighted by Gasteiger charge is 2.47. The molecule has 0 bridgehead atoms. The fourth-order valence-corrected chi connectivity index (χ4v) is 2.07. The van der Waals surface area contributed by atoms with Crippen molar-refractivity contribution in [3.05, 3.63) is 0 Å². The van der Waals surface area contributed by atoms with Crippen molar-refractivity contribution >= 4 is 11.9 Å². The second-order valence-corrected chi connectivity index (χ2v) is 5.13. The molecule has 0 spiro atoms. The van der Waals surface area contributed by atoms with E-state index in [2.05, 4.69) is 0 Å². The highest BCUT2D eigenvalue weighted by Crippen LogP contribution is 2.32. The second-order valence-electron chi connectivity index (χ2n) is 5.13. The Hall–Kier alpha value is -1.26. The Morgan fingerprint density at radius 3 is 2.04 bits per heavy atom. The van der Waals surface area contributed by atoms with E-state index in [4.69, 9.17) is 28.8 Å². The van der Waals surface area contributed by atoms with E-state index in [1.807, 2.05) is 0 Å². The van der Waals surface area contributed by atoms with E-state index in [1.54, 1.807) is 6.92 Å². The lowest BCUT2D eigenvalue weighted by atomic mass is 9.78. The van der Waals surface area contributed by atoms with Crippen LogP contribution < -0.4 is 0 Å². The number of carboxylic acid groups (broad SMARTS) is 2. The molecule has 0 aliphatic heterocycles. The third-order valence-electron chi connectivity index (χ3n) is 3.61. The van der Waals surface area contributed by atoms with Gasteiger partial charge in [-0.05, 0) is 6.42 Å². The van der Waals surface area contributed by atoms with Crippen molar-refractivity contribution in [2.75, 3.05) is 54.0 Å². The molecule has 2 N–H and O–H groups in total. The molecule has 0 amide bonds. The average molecular weight is 352 g/mol. The molecule has 1 unspecified atom stereocenters. The monoisotopic (exact) mass is 352 g/mol. The normalized spacial score (nSPS) is 15.0. The summed E-state index contributed by atoms with van der Waals surface area (Å²) in [5.41, 5.74) is -1.49. The van der Waals surface area contributed by atoms with Gasteiger partial charge in [0.05, 0.1) is 45.6 Å². The number of aliphatic carboxylic acids is 2. The van der Waals surface area contributed by atoms with Gasteiger partial charge in [0, 0.05) is 14.2 Å². The summed E-state index contributed by atoms with van der Waals surface area (Å²) in [6.45, 7) is 2.36. The number of ether oxygens (including phenoxy) is 5. The topological polar surface area (TPSA) is 121 Å². The van der Waals surface area contributed by atoms with Gasteiger partial charge in [-0.25, -0.2) is 0 Å². The summed E-state index contributed by atoms with van der Waals surface area (Å²) in [4.78, 5) is 22.9. The molecule has 0 aromatic rings. The third-order valence-corrected chi connectivity index (χ3v) is 3.61. The highest BCUT2D eigenvalue weighted by atomic mass is 16.7. The van der Waals surface area contributed by atoms with Gasteiger partial charge in [-0.3, -0.25) is 9.59 Å². The molecule has 0 saturated carbocycles. The molecule has 0 fully saturated rings. The molecule has 0 heterocycles. The van der Waals surface area contributed by atoms with Crippen LogP contribution in [0.5, 0.6) is 0 Å². The lowest BCUT2D eigenvalue weighted by Crippen LogP contribution is -2.48. The summed E-state index contributed by atoms with van der Waals surface area (Å²) in [6.07, 6.45) is -1.42. The molecule has 0 aromatic heterocycles. The average Bonchev–Trinajstić information content (AvgIpc) is 2.53. The van der Waals surface area contributed by atoms with Gasteiger partial charge in [-0.1, -0.05) is 6.92 Å².